The zero-order valence-electron chi connectivity index (χ0n) is 22.4. The summed E-state index contributed by atoms with van der Waals surface area (Å²) >= 11 is 6.08. The summed E-state index contributed by atoms with van der Waals surface area (Å²) in [6.45, 7) is 4.36. The minimum atomic E-state index is 0.622. The SMILES string of the molecule is COc1ccc(NCc2nn3c(C(=S)NCc4ccccc4)c(-c4ccc(C)cc4)c4c3n2CCCC4)cc1. The molecule has 0 aliphatic carbocycles. The summed E-state index contributed by atoms with van der Waals surface area (Å²) in [6.07, 6.45) is 3.26. The van der Waals surface area contributed by atoms with Crippen LogP contribution in [0, 0.1) is 6.92 Å². The maximum atomic E-state index is 6.08. The summed E-state index contributed by atoms with van der Waals surface area (Å²) < 4.78 is 9.79. The number of nitrogens with zero attached hydrogens (tertiary/aromatic N) is 3. The zero-order valence-corrected chi connectivity index (χ0v) is 23.2. The van der Waals surface area contributed by atoms with Crippen LogP contribution in [0.25, 0.3) is 16.8 Å². The van der Waals surface area contributed by atoms with Gasteiger partial charge in [-0.2, -0.15) is 5.10 Å². The molecule has 0 spiro atoms. The molecular weight excluding hydrogens is 502 g/mol. The number of hydrogen-bond donors (Lipinski definition) is 2. The van der Waals surface area contributed by atoms with Gasteiger partial charge in [0.05, 0.1) is 13.7 Å². The number of aromatic nitrogens is 3. The number of anilines is 1. The van der Waals surface area contributed by atoms with Crippen molar-refractivity contribution in [1.29, 1.82) is 0 Å². The number of rotatable bonds is 8. The molecule has 0 radical (unpaired) electrons. The van der Waals surface area contributed by atoms with Crippen LogP contribution in [0.5, 0.6) is 5.75 Å². The lowest BCUT2D eigenvalue weighted by atomic mass is 9.97. The van der Waals surface area contributed by atoms with Gasteiger partial charge < -0.3 is 19.9 Å². The van der Waals surface area contributed by atoms with Crippen LogP contribution in [-0.4, -0.2) is 26.3 Å². The number of benzene rings is 3. The number of methoxy groups -OCH3 is 1. The standard InChI is InChI=1S/C32H33N5OS/c1-22-11-13-24(14-12-22)29-27-10-6-7-19-36-28(21-33-25-15-17-26(38-2)18-16-25)35-37(32(27)36)30(29)31(39)34-20-23-8-4-3-5-9-23/h3-5,8-9,11-18,33H,6-7,10,19-21H2,1-2H3,(H,34,39). The molecule has 0 bridgehead atoms. The summed E-state index contributed by atoms with van der Waals surface area (Å²) in [4.78, 5) is 0.718. The van der Waals surface area contributed by atoms with Gasteiger partial charge in [-0.3, -0.25) is 0 Å². The van der Waals surface area contributed by atoms with E-state index >= 15 is 0 Å². The van der Waals surface area contributed by atoms with Crippen molar-refractivity contribution in [3.63, 3.8) is 0 Å². The largest absolute Gasteiger partial charge is 0.497 e. The first-order valence-corrected chi connectivity index (χ1v) is 13.9. The van der Waals surface area contributed by atoms with Crippen molar-refractivity contribution < 1.29 is 4.74 Å². The van der Waals surface area contributed by atoms with Crippen LogP contribution < -0.4 is 15.4 Å². The number of nitrogens with one attached hydrogen (secondary N) is 2. The normalized spacial score (nSPS) is 12.8. The topological polar surface area (TPSA) is 55.5 Å². The number of thiocarbonyl (C=S) groups is 1. The second-order valence-corrected chi connectivity index (χ2v) is 10.5. The van der Waals surface area contributed by atoms with E-state index in [0.29, 0.717) is 13.1 Å². The molecule has 1 aliphatic rings. The highest BCUT2D eigenvalue weighted by Gasteiger charge is 2.28. The van der Waals surface area contributed by atoms with Gasteiger partial charge in [-0.05, 0) is 61.6 Å². The third-order valence-electron chi connectivity index (χ3n) is 7.45. The minimum Gasteiger partial charge on any atom is -0.497 e. The molecule has 1 aliphatic heterocycles. The Morgan fingerprint density at radius 3 is 2.46 bits per heavy atom. The smallest absolute Gasteiger partial charge is 0.150 e. The van der Waals surface area contributed by atoms with Gasteiger partial charge in [0.2, 0.25) is 0 Å². The van der Waals surface area contributed by atoms with Gasteiger partial charge in [-0.1, -0.05) is 72.4 Å². The van der Waals surface area contributed by atoms with E-state index in [4.69, 9.17) is 22.1 Å². The molecule has 198 valence electrons. The monoisotopic (exact) mass is 535 g/mol. The first kappa shape index (κ1) is 25.2. The fraction of sp³-hybridized carbons (Fsp3) is 0.250. The van der Waals surface area contributed by atoms with E-state index in [-0.39, 0.29) is 0 Å². The zero-order chi connectivity index (χ0) is 26.8. The quantitative estimate of drug-likeness (QED) is 0.221. The Hall–Kier alpha value is -4.10. The van der Waals surface area contributed by atoms with Crippen molar-refractivity contribution in [3.8, 4) is 16.9 Å². The lowest BCUT2D eigenvalue weighted by Gasteiger charge is -2.12. The van der Waals surface area contributed by atoms with E-state index in [1.54, 1.807) is 7.11 Å². The van der Waals surface area contributed by atoms with Crippen molar-refractivity contribution in [2.24, 2.45) is 0 Å². The third-order valence-corrected chi connectivity index (χ3v) is 7.79. The number of hydrogen-bond acceptors (Lipinski definition) is 4. The van der Waals surface area contributed by atoms with Crippen molar-refractivity contribution in [3.05, 3.63) is 107 Å². The molecular formula is C32H33N5OS. The highest BCUT2D eigenvalue weighted by Crippen LogP contribution is 2.37. The molecule has 0 saturated carbocycles. The Balaban J connectivity index is 1.42. The van der Waals surface area contributed by atoms with Crippen LogP contribution >= 0.6 is 12.2 Å². The van der Waals surface area contributed by atoms with Gasteiger partial charge in [0.25, 0.3) is 0 Å². The van der Waals surface area contributed by atoms with Gasteiger partial charge in [0.1, 0.15) is 22.1 Å². The fourth-order valence-corrected chi connectivity index (χ4v) is 5.69. The summed E-state index contributed by atoms with van der Waals surface area (Å²) in [7, 11) is 1.68. The highest BCUT2D eigenvalue weighted by atomic mass is 32.1. The van der Waals surface area contributed by atoms with E-state index in [2.05, 4.69) is 75.2 Å². The van der Waals surface area contributed by atoms with Crippen molar-refractivity contribution in [2.45, 2.75) is 45.8 Å². The Morgan fingerprint density at radius 1 is 0.949 bits per heavy atom. The van der Waals surface area contributed by atoms with Crippen molar-refractivity contribution in [1.82, 2.24) is 19.5 Å². The second kappa shape index (κ2) is 10.9. The molecule has 0 fully saturated rings. The first-order valence-electron chi connectivity index (χ1n) is 13.5. The van der Waals surface area contributed by atoms with Crippen LogP contribution in [0.2, 0.25) is 0 Å². The van der Waals surface area contributed by atoms with Gasteiger partial charge in [0, 0.05) is 29.9 Å². The summed E-state index contributed by atoms with van der Waals surface area (Å²) in [5, 5.41) is 12.3. The molecule has 2 N–H and O–H groups in total. The molecule has 3 heterocycles. The average molecular weight is 536 g/mol. The first-order chi connectivity index (χ1) is 19.1. The second-order valence-electron chi connectivity index (χ2n) is 10.1. The molecule has 0 atom stereocenters. The number of aryl methyl sites for hydroxylation is 3. The maximum Gasteiger partial charge on any atom is 0.150 e. The average Bonchev–Trinajstić information content (AvgIpc) is 3.37. The summed E-state index contributed by atoms with van der Waals surface area (Å²) in [5.41, 5.74) is 9.33. The Bertz CT molecular complexity index is 1600. The van der Waals surface area contributed by atoms with E-state index in [9.17, 15) is 0 Å². The van der Waals surface area contributed by atoms with Crippen LogP contribution in [-0.2, 0) is 26.1 Å². The molecule has 5 aromatic rings. The van der Waals surface area contributed by atoms with E-state index in [1.807, 2.05) is 30.3 Å². The van der Waals surface area contributed by atoms with Gasteiger partial charge in [-0.25, -0.2) is 4.52 Å². The van der Waals surface area contributed by atoms with Crippen LogP contribution in [0.15, 0.2) is 78.9 Å². The minimum absolute atomic E-state index is 0.622. The van der Waals surface area contributed by atoms with Crippen LogP contribution in [0.1, 0.15) is 41.1 Å². The lowest BCUT2D eigenvalue weighted by Crippen LogP contribution is -2.24. The fourth-order valence-electron chi connectivity index (χ4n) is 5.43. The lowest BCUT2D eigenvalue weighted by molar-refractivity contribution is 0.415. The number of ether oxygens (including phenoxy) is 1. The van der Waals surface area contributed by atoms with E-state index in [0.717, 1.165) is 59.4 Å². The molecule has 6 nitrogen and oxygen atoms in total. The van der Waals surface area contributed by atoms with Crippen molar-refractivity contribution in [2.75, 3.05) is 12.4 Å². The Kier molecular flexibility index (Phi) is 7.07. The van der Waals surface area contributed by atoms with Gasteiger partial charge in [-0.15, -0.1) is 0 Å². The van der Waals surface area contributed by atoms with Gasteiger partial charge >= 0.3 is 0 Å². The molecule has 3 aromatic carbocycles. The van der Waals surface area contributed by atoms with Gasteiger partial charge in [0.15, 0.2) is 5.82 Å². The summed E-state index contributed by atoms with van der Waals surface area (Å²) in [5.74, 6) is 1.85. The molecule has 39 heavy (non-hydrogen) atoms. The highest BCUT2D eigenvalue weighted by molar-refractivity contribution is 7.80. The molecule has 2 aromatic heterocycles. The molecule has 6 rings (SSSR count). The van der Waals surface area contributed by atoms with Crippen molar-refractivity contribution >= 4 is 28.5 Å². The van der Waals surface area contributed by atoms with Crippen LogP contribution in [0.4, 0.5) is 5.69 Å². The Labute approximate surface area is 234 Å². The Morgan fingerprint density at radius 2 is 1.72 bits per heavy atom. The van der Waals surface area contributed by atoms with E-state index < -0.39 is 0 Å². The summed E-state index contributed by atoms with van der Waals surface area (Å²) in [6, 6.07) is 27.2. The predicted molar refractivity (Wildman–Crippen MR) is 162 cm³/mol. The predicted octanol–water partition coefficient (Wildman–Crippen LogP) is 6.53. The molecule has 0 saturated heterocycles. The molecule has 7 heteroatoms. The molecule has 0 unspecified atom stereocenters. The van der Waals surface area contributed by atoms with Crippen LogP contribution in [0.3, 0.4) is 0 Å². The van der Waals surface area contributed by atoms with E-state index in [1.165, 1.54) is 27.8 Å². The molecule has 0 amide bonds. The maximum absolute atomic E-state index is 6.08. The third kappa shape index (κ3) is 5.02.